The summed E-state index contributed by atoms with van der Waals surface area (Å²) in [6.07, 6.45) is 2.46. The minimum absolute atomic E-state index is 0.769. The van der Waals surface area contributed by atoms with Crippen LogP contribution in [0.4, 0.5) is 0 Å². The third kappa shape index (κ3) is 2.43. The van der Waals surface area contributed by atoms with Gasteiger partial charge in [0.15, 0.2) is 0 Å². The Morgan fingerprint density at radius 1 is 1.00 bits per heavy atom. The highest BCUT2D eigenvalue weighted by molar-refractivity contribution is 5.88. The van der Waals surface area contributed by atoms with E-state index in [1.165, 1.54) is 45.9 Å². The van der Waals surface area contributed by atoms with Crippen molar-refractivity contribution < 1.29 is 0 Å². The van der Waals surface area contributed by atoms with Crippen LogP contribution in [0.3, 0.4) is 0 Å². The van der Waals surface area contributed by atoms with Crippen molar-refractivity contribution in [3.63, 3.8) is 0 Å². The lowest BCUT2D eigenvalue weighted by atomic mass is 9.89. The molecule has 0 spiro atoms. The third-order valence-electron chi connectivity index (χ3n) is 4.25. The number of fused-ring (bicyclic) bond motifs is 1. The molecule has 1 unspecified atom stereocenters. The lowest BCUT2D eigenvalue weighted by molar-refractivity contribution is 0.559. The third-order valence-corrected chi connectivity index (χ3v) is 4.25. The van der Waals surface area contributed by atoms with Crippen LogP contribution in [-0.4, -0.2) is 0 Å². The molecule has 0 aliphatic heterocycles. The number of hydrogen-bond acceptors (Lipinski definition) is 0. The van der Waals surface area contributed by atoms with Crippen LogP contribution in [0.5, 0.6) is 0 Å². The van der Waals surface area contributed by atoms with Crippen molar-refractivity contribution in [3.8, 4) is 0 Å². The second-order valence-electron chi connectivity index (χ2n) is 5.73. The highest BCUT2D eigenvalue weighted by Gasteiger charge is 2.09. The zero-order valence-corrected chi connectivity index (χ0v) is 12.3. The predicted octanol–water partition coefficient (Wildman–Crippen LogP) is 5.35. The molecule has 1 atom stereocenters. The lowest BCUT2D eigenvalue weighted by Gasteiger charge is -2.16. The van der Waals surface area contributed by atoms with E-state index in [2.05, 4.69) is 58.9 Å². The van der Waals surface area contributed by atoms with Crippen LogP contribution in [0.25, 0.3) is 10.8 Å². The van der Waals surface area contributed by atoms with Gasteiger partial charge in [0, 0.05) is 0 Å². The average molecular weight is 240 g/mol. The van der Waals surface area contributed by atoms with Crippen LogP contribution in [0.15, 0.2) is 24.3 Å². The fourth-order valence-corrected chi connectivity index (χ4v) is 2.61. The van der Waals surface area contributed by atoms with Crippen LogP contribution in [0.2, 0.25) is 0 Å². The minimum Gasteiger partial charge on any atom is -0.0651 e. The van der Waals surface area contributed by atoms with E-state index in [0.29, 0.717) is 0 Å². The molecule has 2 rings (SSSR count). The Hall–Kier alpha value is -1.30. The highest BCUT2D eigenvalue weighted by atomic mass is 14.1. The molecular weight excluding hydrogens is 216 g/mol. The Morgan fingerprint density at radius 3 is 2.39 bits per heavy atom. The van der Waals surface area contributed by atoms with Gasteiger partial charge in [-0.25, -0.2) is 0 Å². The summed E-state index contributed by atoms with van der Waals surface area (Å²) in [7, 11) is 0. The topological polar surface area (TPSA) is 0 Å². The summed E-state index contributed by atoms with van der Waals surface area (Å²) in [6.45, 7) is 11.3. The molecule has 0 fully saturated rings. The van der Waals surface area contributed by atoms with Gasteiger partial charge in [0.1, 0.15) is 0 Å². The molecule has 0 N–H and O–H groups in total. The second kappa shape index (κ2) is 5.14. The number of rotatable bonds is 3. The number of aryl methyl sites for hydroxylation is 2. The molecule has 0 aliphatic rings. The van der Waals surface area contributed by atoms with Crippen molar-refractivity contribution in [1.29, 1.82) is 0 Å². The maximum absolute atomic E-state index is 2.40. The maximum atomic E-state index is 2.40. The Bertz CT molecular complexity index is 564. The van der Waals surface area contributed by atoms with Crippen molar-refractivity contribution in [3.05, 3.63) is 46.5 Å². The molecule has 18 heavy (non-hydrogen) atoms. The molecule has 0 bridgehead atoms. The standard InChI is InChI=1S/C18H24/c1-6-12(2)9-16-11-17-10-13(3)7-8-18(17)15(5)14(16)4/h7-8,10-12H,6,9H2,1-5H3. The van der Waals surface area contributed by atoms with Gasteiger partial charge in [-0.1, -0.05) is 50.1 Å². The number of benzene rings is 2. The maximum Gasteiger partial charge on any atom is -0.0152 e. The summed E-state index contributed by atoms with van der Waals surface area (Å²) in [5.41, 5.74) is 5.80. The first-order chi connectivity index (χ1) is 8.52. The minimum atomic E-state index is 0.769. The SMILES string of the molecule is CCC(C)Cc1cc2cc(C)ccc2c(C)c1C. The summed E-state index contributed by atoms with van der Waals surface area (Å²) in [6, 6.07) is 9.18. The molecule has 0 heteroatoms. The summed E-state index contributed by atoms with van der Waals surface area (Å²) >= 11 is 0. The molecule has 2 aromatic rings. The van der Waals surface area contributed by atoms with E-state index >= 15 is 0 Å². The van der Waals surface area contributed by atoms with Gasteiger partial charge in [0.25, 0.3) is 0 Å². The van der Waals surface area contributed by atoms with Gasteiger partial charge < -0.3 is 0 Å². The molecule has 0 aliphatic carbocycles. The first-order valence-electron chi connectivity index (χ1n) is 7.02. The molecule has 96 valence electrons. The van der Waals surface area contributed by atoms with Gasteiger partial charge in [-0.2, -0.15) is 0 Å². The van der Waals surface area contributed by atoms with Gasteiger partial charge in [-0.05, 0) is 60.6 Å². The van der Waals surface area contributed by atoms with Crippen LogP contribution >= 0.6 is 0 Å². The highest BCUT2D eigenvalue weighted by Crippen LogP contribution is 2.27. The lowest BCUT2D eigenvalue weighted by Crippen LogP contribution is -2.01. The second-order valence-corrected chi connectivity index (χ2v) is 5.73. The Morgan fingerprint density at radius 2 is 1.72 bits per heavy atom. The molecule has 0 amide bonds. The average Bonchev–Trinajstić information content (AvgIpc) is 2.35. The fraction of sp³-hybridized carbons (Fsp3) is 0.444. The molecule has 0 saturated heterocycles. The monoisotopic (exact) mass is 240 g/mol. The quantitative estimate of drug-likeness (QED) is 0.678. The first-order valence-corrected chi connectivity index (χ1v) is 7.02. The van der Waals surface area contributed by atoms with E-state index in [9.17, 15) is 0 Å². The van der Waals surface area contributed by atoms with Crippen molar-refractivity contribution in [1.82, 2.24) is 0 Å². The van der Waals surface area contributed by atoms with E-state index in [0.717, 1.165) is 5.92 Å². The van der Waals surface area contributed by atoms with E-state index in [-0.39, 0.29) is 0 Å². The normalized spacial score (nSPS) is 12.9. The Balaban J connectivity index is 2.57. The predicted molar refractivity (Wildman–Crippen MR) is 81.3 cm³/mol. The van der Waals surface area contributed by atoms with Gasteiger partial charge in [-0.3, -0.25) is 0 Å². The first kappa shape index (κ1) is 13.1. The molecule has 2 aromatic carbocycles. The summed E-state index contributed by atoms with van der Waals surface area (Å²) in [5.74, 6) is 0.769. The molecule has 0 nitrogen and oxygen atoms in total. The smallest absolute Gasteiger partial charge is 0.0152 e. The van der Waals surface area contributed by atoms with Crippen molar-refractivity contribution in [2.45, 2.75) is 47.5 Å². The van der Waals surface area contributed by atoms with Crippen molar-refractivity contribution in [2.24, 2.45) is 5.92 Å². The zero-order valence-electron chi connectivity index (χ0n) is 12.3. The van der Waals surface area contributed by atoms with E-state index in [1.807, 2.05) is 0 Å². The van der Waals surface area contributed by atoms with Crippen LogP contribution < -0.4 is 0 Å². The molecule has 0 heterocycles. The van der Waals surface area contributed by atoms with Crippen LogP contribution in [0.1, 0.15) is 42.5 Å². The molecule has 0 aromatic heterocycles. The van der Waals surface area contributed by atoms with Crippen LogP contribution in [-0.2, 0) is 6.42 Å². The van der Waals surface area contributed by atoms with Crippen LogP contribution in [0, 0.1) is 26.7 Å². The van der Waals surface area contributed by atoms with Gasteiger partial charge in [-0.15, -0.1) is 0 Å². The van der Waals surface area contributed by atoms with Gasteiger partial charge >= 0.3 is 0 Å². The van der Waals surface area contributed by atoms with Gasteiger partial charge in [0.05, 0.1) is 0 Å². The van der Waals surface area contributed by atoms with E-state index in [1.54, 1.807) is 0 Å². The van der Waals surface area contributed by atoms with E-state index < -0.39 is 0 Å². The zero-order chi connectivity index (χ0) is 13.3. The largest absolute Gasteiger partial charge is 0.0651 e. The van der Waals surface area contributed by atoms with Crippen molar-refractivity contribution in [2.75, 3.05) is 0 Å². The summed E-state index contributed by atoms with van der Waals surface area (Å²) in [4.78, 5) is 0. The van der Waals surface area contributed by atoms with E-state index in [4.69, 9.17) is 0 Å². The number of hydrogen-bond donors (Lipinski definition) is 0. The molecular formula is C18H24. The van der Waals surface area contributed by atoms with Gasteiger partial charge in [0.2, 0.25) is 0 Å². The Kier molecular flexibility index (Phi) is 3.75. The fourth-order valence-electron chi connectivity index (χ4n) is 2.61. The summed E-state index contributed by atoms with van der Waals surface area (Å²) < 4.78 is 0. The summed E-state index contributed by atoms with van der Waals surface area (Å²) in [5, 5.41) is 2.81. The molecule has 0 saturated carbocycles. The molecule has 0 radical (unpaired) electrons. The van der Waals surface area contributed by atoms with Crippen molar-refractivity contribution >= 4 is 10.8 Å². The Labute approximate surface area is 111 Å².